The molecule has 0 unspecified atom stereocenters. The first-order valence-corrected chi connectivity index (χ1v) is 8.14. The number of aliphatic imine (C=N–C) groups is 1. The molecule has 0 radical (unpaired) electrons. The average molecular weight is 440 g/mol. The molecule has 2 aromatic carbocycles. The number of halogens is 2. The highest BCUT2D eigenvalue weighted by Gasteiger charge is 2.25. The Bertz CT molecular complexity index is 828. The molecule has 1 heterocycles. The smallest absolute Gasteiger partial charge is 0.363 e. The first-order chi connectivity index (χ1) is 11.1. The molecule has 0 bridgehead atoms. The Balaban J connectivity index is 1.94. The second-order valence-electron chi connectivity index (χ2n) is 4.73. The Hall–Kier alpha value is -1.86. The molecule has 6 heteroatoms. The minimum atomic E-state index is -0.495. The number of carbonyl (C=O) groups is 1. The highest BCUT2D eigenvalue weighted by molar-refractivity contribution is 14.1. The van der Waals surface area contributed by atoms with Gasteiger partial charge >= 0.3 is 5.97 Å². The van der Waals surface area contributed by atoms with Gasteiger partial charge in [-0.2, -0.15) is 0 Å². The van der Waals surface area contributed by atoms with Gasteiger partial charge in [0.05, 0.1) is 17.7 Å². The highest BCUT2D eigenvalue weighted by atomic mass is 127. The van der Waals surface area contributed by atoms with Gasteiger partial charge in [-0.15, -0.1) is 0 Å². The zero-order valence-corrected chi connectivity index (χ0v) is 15.0. The minimum absolute atomic E-state index is 0.221. The van der Waals surface area contributed by atoms with E-state index in [9.17, 15) is 4.79 Å². The van der Waals surface area contributed by atoms with Gasteiger partial charge in [-0.25, -0.2) is 9.79 Å². The van der Waals surface area contributed by atoms with Gasteiger partial charge in [0.15, 0.2) is 5.70 Å². The Kier molecular flexibility index (Phi) is 4.68. The summed E-state index contributed by atoms with van der Waals surface area (Å²) in [5.41, 5.74) is 1.67. The minimum Gasteiger partial charge on any atom is -0.497 e. The number of ether oxygens (including phenoxy) is 2. The van der Waals surface area contributed by atoms with Crippen LogP contribution in [-0.2, 0) is 9.53 Å². The Morgan fingerprint density at radius 3 is 2.65 bits per heavy atom. The molecule has 0 spiro atoms. The molecule has 1 aliphatic rings. The molecule has 4 nitrogen and oxygen atoms in total. The lowest BCUT2D eigenvalue weighted by Gasteiger charge is -2.02. The molecule has 0 saturated carbocycles. The molecule has 116 valence electrons. The standard InChI is InChI=1S/C17H11ClINO3/c1-22-12-5-2-10(3-6-12)8-15-17(21)23-16(20-15)13-9-11(19)4-7-14(13)18/h2-9H,1H3/b15-8-. The number of cyclic esters (lactones) is 1. The quantitative estimate of drug-likeness (QED) is 0.407. The zero-order chi connectivity index (χ0) is 16.4. The lowest BCUT2D eigenvalue weighted by molar-refractivity contribution is -0.129. The van der Waals surface area contributed by atoms with E-state index in [1.807, 2.05) is 36.4 Å². The number of esters is 1. The van der Waals surface area contributed by atoms with E-state index in [-0.39, 0.29) is 11.6 Å². The fourth-order valence-corrected chi connectivity index (χ4v) is 2.73. The summed E-state index contributed by atoms with van der Waals surface area (Å²) in [5, 5.41) is 0.489. The molecule has 0 N–H and O–H groups in total. The molecule has 1 aliphatic heterocycles. The predicted octanol–water partition coefficient (Wildman–Crippen LogP) is 4.30. The van der Waals surface area contributed by atoms with Gasteiger partial charge in [0.2, 0.25) is 5.90 Å². The molecule has 0 saturated heterocycles. The Labute approximate surface area is 151 Å². The van der Waals surface area contributed by atoms with Crippen molar-refractivity contribution in [2.75, 3.05) is 7.11 Å². The number of hydrogen-bond donors (Lipinski definition) is 0. The van der Waals surface area contributed by atoms with Crippen LogP contribution in [0.15, 0.2) is 53.2 Å². The van der Waals surface area contributed by atoms with Crippen molar-refractivity contribution in [3.05, 3.63) is 67.9 Å². The molecule has 0 atom stereocenters. The van der Waals surface area contributed by atoms with Crippen molar-refractivity contribution < 1.29 is 14.3 Å². The first-order valence-electron chi connectivity index (χ1n) is 6.69. The van der Waals surface area contributed by atoms with Crippen LogP contribution >= 0.6 is 34.2 Å². The highest BCUT2D eigenvalue weighted by Crippen LogP contribution is 2.25. The van der Waals surface area contributed by atoms with E-state index >= 15 is 0 Å². The maximum Gasteiger partial charge on any atom is 0.363 e. The molecular weight excluding hydrogens is 429 g/mol. The zero-order valence-electron chi connectivity index (χ0n) is 12.0. The van der Waals surface area contributed by atoms with Crippen molar-refractivity contribution in [3.63, 3.8) is 0 Å². The van der Waals surface area contributed by atoms with E-state index in [1.165, 1.54) is 0 Å². The van der Waals surface area contributed by atoms with Crippen molar-refractivity contribution in [3.8, 4) is 5.75 Å². The van der Waals surface area contributed by atoms with E-state index in [2.05, 4.69) is 27.6 Å². The van der Waals surface area contributed by atoms with Crippen LogP contribution in [0, 0.1) is 3.57 Å². The number of rotatable bonds is 3. The van der Waals surface area contributed by atoms with Crippen LogP contribution in [0.2, 0.25) is 5.02 Å². The maximum absolute atomic E-state index is 12.0. The number of benzene rings is 2. The number of hydrogen-bond acceptors (Lipinski definition) is 4. The summed E-state index contributed by atoms with van der Waals surface area (Å²) in [6.07, 6.45) is 1.66. The van der Waals surface area contributed by atoms with Gasteiger partial charge in [-0.05, 0) is 64.6 Å². The summed E-state index contributed by atoms with van der Waals surface area (Å²) < 4.78 is 11.3. The first kappa shape index (κ1) is 16.0. The Morgan fingerprint density at radius 2 is 1.96 bits per heavy atom. The molecule has 0 amide bonds. The van der Waals surface area contributed by atoms with Gasteiger partial charge in [-0.1, -0.05) is 23.7 Å². The summed E-state index contributed by atoms with van der Waals surface area (Å²) >= 11 is 8.32. The monoisotopic (exact) mass is 439 g/mol. The molecule has 23 heavy (non-hydrogen) atoms. The van der Waals surface area contributed by atoms with Gasteiger partial charge < -0.3 is 9.47 Å². The lowest BCUT2D eigenvalue weighted by atomic mass is 10.2. The fraction of sp³-hybridized carbons (Fsp3) is 0.0588. The van der Waals surface area contributed by atoms with Gasteiger partial charge in [0, 0.05) is 3.57 Å². The second kappa shape index (κ2) is 6.72. The van der Waals surface area contributed by atoms with Crippen LogP contribution in [0.25, 0.3) is 6.08 Å². The van der Waals surface area contributed by atoms with E-state index < -0.39 is 5.97 Å². The summed E-state index contributed by atoms with van der Waals surface area (Å²) in [4.78, 5) is 16.3. The lowest BCUT2D eigenvalue weighted by Crippen LogP contribution is -2.06. The number of nitrogens with zero attached hydrogens (tertiary/aromatic N) is 1. The van der Waals surface area contributed by atoms with Crippen LogP contribution in [0.3, 0.4) is 0 Å². The van der Waals surface area contributed by atoms with E-state index in [0.717, 1.165) is 14.9 Å². The Morgan fingerprint density at radius 1 is 1.22 bits per heavy atom. The van der Waals surface area contributed by atoms with Gasteiger partial charge in [0.1, 0.15) is 5.75 Å². The fourth-order valence-electron chi connectivity index (χ4n) is 2.04. The third-order valence-corrected chi connectivity index (χ3v) is 4.20. The van der Waals surface area contributed by atoms with Crippen LogP contribution in [0.4, 0.5) is 0 Å². The number of methoxy groups -OCH3 is 1. The predicted molar refractivity (Wildman–Crippen MR) is 97.8 cm³/mol. The maximum atomic E-state index is 12.0. The molecular formula is C17H11ClINO3. The van der Waals surface area contributed by atoms with E-state index in [1.54, 1.807) is 19.3 Å². The van der Waals surface area contributed by atoms with Crippen molar-refractivity contribution in [2.45, 2.75) is 0 Å². The SMILES string of the molecule is COc1ccc(/C=C2\N=C(c3cc(I)ccc3Cl)OC2=O)cc1. The molecule has 0 aromatic heterocycles. The van der Waals surface area contributed by atoms with Gasteiger partial charge in [-0.3, -0.25) is 0 Å². The summed E-state index contributed by atoms with van der Waals surface area (Å²) in [7, 11) is 1.60. The van der Waals surface area contributed by atoms with Crippen molar-refractivity contribution >= 4 is 52.1 Å². The molecule has 0 fully saturated rings. The third kappa shape index (κ3) is 3.56. The normalized spacial score (nSPS) is 15.5. The second-order valence-corrected chi connectivity index (χ2v) is 6.39. The van der Waals surface area contributed by atoms with E-state index in [4.69, 9.17) is 21.1 Å². The average Bonchev–Trinajstić information content (AvgIpc) is 2.91. The van der Waals surface area contributed by atoms with Gasteiger partial charge in [0.25, 0.3) is 0 Å². The topological polar surface area (TPSA) is 47.9 Å². The van der Waals surface area contributed by atoms with Crippen molar-refractivity contribution in [2.24, 2.45) is 4.99 Å². The van der Waals surface area contributed by atoms with Crippen LogP contribution < -0.4 is 4.74 Å². The van der Waals surface area contributed by atoms with Crippen LogP contribution in [-0.4, -0.2) is 19.0 Å². The third-order valence-electron chi connectivity index (χ3n) is 3.20. The van der Waals surface area contributed by atoms with Crippen LogP contribution in [0.5, 0.6) is 5.75 Å². The van der Waals surface area contributed by atoms with Crippen molar-refractivity contribution in [1.29, 1.82) is 0 Å². The largest absolute Gasteiger partial charge is 0.497 e. The van der Waals surface area contributed by atoms with Crippen molar-refractivity contribution in [1.82, 2.24) is 0 Å². The molecule has 3 rings (SSSR count). The molecule has 0 aliphatic carbocycles. The molecule has 2 aromatic rings. The summed E-state index contributed by atoms with van der Waals surface area (Å²) in [6.45, 7) is 0. The van der Waals surface area contributed by atoms with Crippen LogP contribution in [0.1, 0.15) is 11.1 Å². The summed E-state index contributed by atoms with van der Waals surface area (Å²) in [5.74, 6) is 0.472. The van der Waals surface area contributed by atoms with E-state index in [0.29, 0.717) is 10.6 Å². The summed E-state index contributed by atoms with van der Waals surface area (Å²) in [6, 6.07) is 12.8. The number of carbonyl (C=O) groups excluding carboxylic acids is 1.